The van der Waals surface area contributed by atoms with Gasteiger partial charge in [0.25, 0.3) is 15.9 Å². The molecule has 0 aromatic heterocycles. The van der Waals surface area contributed by atoms with Crippen molar-refractivity contribution in [3.63, 3.8) is 0 Å². The highest BCUT2D eigenvalue weighted by atomic mass is 32.2. The summed E-state index contributed by atoms with van der Waals surface area (Å²) < 4.78 is 44.1. The first-order chi connectivity index (χ1) is 12.4. The van der Waals surface area contributed by atoms with Crippen LogP contribution in [0.4, 0.5) is 11.4 Å². The van der Waals surface area contributed by atoms with E-state index in [1.807, 2.05) is 0 Å². The number of fused-ring (bicyclic) bond motifs is 2. The molecule has 9 heteroatoms. The minimum absolute atomic E-state index is 0.0243. The lowest BCUT2D eigenvalue weighted by Gasteiger charge is -2.26. The van der Waals surface area contributed by atoms with E-state index in [9.17, 15) is 13.2 Å². The summed E-state index contributed by atoms with van der Waals surface area (Å²) in [6.07, 6.45) is 0. The van der Waals surface area contributed by atoms with Gasteiger partial charge in [0.15, 0.2) is 18.1 Å². The molecule has 0 aliphatic carbocycles. The van der Waals surface area contributed by atoms with Crippen LogP contribution < -0.4 is 23.8 Å². The first-order valence-electron chi connectivity index (χ1n) is 7.90. The summed E-state index contributed by atoms with van der Waals surface area (Å²) in [5.74, 6) is 1.28. The fraction of sp³-hybridized carbons (Fsp3) is 0.235. The predicted molar refractivity (Wildman–Crippen MR) is 93.6 cm³/mol. The summed E-state index contributed by atoms with van der Waals surface area (Å²) in [7, 11) is -2.28. The normalized spacial score (nSPS) is 15.9. The molecule has 0 fully saturated rings. The lowest BCUT2D eigenvalue weighted by atomic mass is 10.2. The summed E-state index contributed by atoms with van der Waals surface area (Å²) in [6.45, 7) is 0.806. The molecule has 0 bridgehead atoms. The van der Waals surface area contributed by atoms with Gasteiger partial charge in [-0.05, 0) is 30.3 Å². The molecule has 0 atom stereocenters. The van der Waals surface area contributed by atoms with Gasteiger partial charge in [-0.2, -0.15) is 0 Å². The molecule has 0 saturated carbocycles. The van der Waals surface area contributed by atoms with Gasteiger partial charge in [-0.25, -0.2) is 8.42 Å². The fourth-order valence-corrected chi connectivity index (χ4v) is 3.81. The second-order valence-corrected chi connectivity index (χ2v) is 7.52. The van der Waals surface area contributed by atoms with E-state index in [1.165, 1.54) is 23.1 Å². The average molecular weight is 376 g/mol. The van der Waals surface area contributed by atoms with Gasteiger partial charge in [-0.1, -0.05) is 0 Å². The minimum atomic E-state index is -3.85. The number of likely N-dealkylation sites (N-methyl/N-ethyl adjacent to an activating group) is 1. The van der Waals surface area contributed by atoms with E-state index < -0.39 is 10.0 Å². The van der Waals surface area contributed by atoms with Crippen LogP contribution in [0.3, 0.4) is 0 Å². The van der Waals surface area contributed by atoms with Crippen LogP contribution in [-0.4, -0.2) is 41.2 Å². The highest BCUT2D eigenvalue weighted by Gasteiger charge is 2.25. The van der Waals surface area contributed by atoms with Crippen molar-refractivity contribution in [3.8, 4) is 17.2 Å². The monoisotopic (exact) mass is 376 g/mol. The van der Waals surface area contributed by atoms with Gasteiger partial charge < -0.3 is 19.1 Å². The van der Waals surface area contributed by atoms with Gasteiger partial charge >= 0.3 is 0 Å². The highest BCUT2D eigenvalue weighted by molar-refractivity contribution is 7.92. The Labute approximate surface area is 150 Å². The van der Waals surface area contributed by atoms with Crippen molar-refractivity contribution in [2.45, 2.75) is 4.90 Å². The van der Waals surface area contributed by atoms with E-state index in [-0.39, 0.29) is 17.4 Å². The van der Waals surface area contributed by atoms with Gasteiger partial charge in [0.05, 0.1) is 16.3 Å². The molecule has 2 aliphatic heterocycles. The topological polar surface area (TPSA) is 94.2 Å². The predicted octanol–water partition coefficient (Wildman–Crippen LogP) is 1.61. The number of ether oxygens (including phenoxy) is 3. The summed E-state index contributed by atoms with van der Waals surface area (Å²) >= 11 is 0. The lowest BCUT2D eigenvalue weighted by Crippen LogP contribution is -2.35. The zero-order chi connectivity index (χ0) is 18.3. The van der Waals surface area contributed by atoms with E-state index in [0.717, 1.165) is 0 Å². The Morgan fingerprint density at radius 2 is 1.69 bits per heavy atom. The second kappa shape index (κ2) is 6.10. The van der Waals surface area contributed by atoms with E-state index in [2.05, 4.69) is 4.72 Å². The van der Waals surface area contributed by atoms with E-state index in [0.29, 0.717) is 41.8 Å². The van der Waals surface area contributed by atoms with Crippen LogP contribution in [0.2, 0.25) is 0 Å². The van der Waals surface area contributed by atoms with Crippen LogP contribution in [-0.2, 0) is 14.8 Å². The third-order valence-electron chi connectivity index (χ3n) is 4.12. The molecular weight excluding hydrogens is 360 g/mol. The Morgan fingerprint density at radius 3 is 2.50 bits per heavy atom. The van der Waals surface area contributed by atoms with Crippen molar-refractivity contribution < 1.29 is 27.4 Å². The van der Waals surface area contributed by atoms with E-state index in [1.54, 1.807) is 25.2 Å². The third kappa shape index (κ3) is 2.90. The molecule has 0 radical (unpaired) electrons. The Balaban J connectivity index is 1.64. The third-order valence-corrected chi connectivity index (χ3v) is 5.50. The SMILES string of the molecule is CN1C(=O)COc2ccc(S(=O)(=O)Nc3ccc4c(c3)OCCO4)cc21. The van der Waals surface area contributed by atoms with Crippen LogP contribution in [0.15, 0.2) is 41.3 Å². The Kier molecular flexibility index (Phi) is 3.87. The quantitative estimate of drug-likeness (QED) is 0.875. The summed E-state index contributed by atoms with van der Waals surface area (Å²) in [5.41, 5.74) is 0.763. The van der Waals surface area contributed by atoms with Crippen molar-refractivity contribution >= 4 is 27.3 Å². The summed E-state index contributed by atoms with van der Waals surface area (Å²) in [6, 6.07) is 9.21. The number of hydrogen-bond acceptors (Lipinski definition) is 6. The highest BCUT2D eigenvalue weighted by Crippen LogP contribution is 2.35. The molecule has 1 amide bonds. The zero-order valence-corrected chi connectivity index (χ0v) is 14.7. The molecule has 2 aliphatic rings. The smallest absolute Gasteiger partial charge is 0.264 e. The van der Waals surface area contributed by atoms with Gasteiger partial charge in [-0.3, -0.25) is 9.52 Å². The number of benzene rings is 2. The molecular formula is C17H16N2O6S. The number of sulfonamides is 1. The second-order valence-electron chi connectivity index (χ2n) is 5.83. The molecule has 0 saturated heterocycles. The molecule has 136 valence electrons. The standard InChI is InChI=1S/C17H16N2O6S/c1-19-13-9-12(3-5-14(13)25-10-17(19)20)26(21,22)18-11-2-4-15-16(8-11)24-7-6-23-15/h2-5,8-9,18H,6-7,10H2,1H3. The molecule has 0 unspecified atom stereocenters. The Morgan fingerprint density at radius 1 is 0.962 bits per heavy atom. The number of nitrogens with zero attached hydrogens (tertiary/aromatic N) is 1. The first kappa shape index (κ1) is 16.5. The van der Waals surface area contributed by atoms with Crippen LogP contribution in [0.5, 0.6) is 17.2 Å². The van der Waals surface area contributed by atoms with Crippen LogP contribution in [0.1, 0.15) is 0 Å². The lowest BCUT2D eigenvalue weighted by molar-refractivity contribution is -0.120. The van der Waals surface area contributed by atoms with Crippen LogP contribution in [0.25, 0.3) is 0 Å². The maximum absolute atomic E-state index is 12.7. The van der Waals surface area contributed by atoms with Crippen molar-refractivity contribution in [1.82, 2.24) is 0 Å². The maximum Gasteiger partial charge on any atom is 0.264 e. The Bertz CT molecular complexity index is 989. The number of rotatable bonds is 3. The minimum Gasteiger partial charge on any atom is -0.486 e. The molecule has 2 aromatic carbocycles. The molecule has 4 rings (SSSR count). The number of carbonyl (C=O) groups is 1. The largest absolute Gasteiger partial charge is 0.486 e. The molecule has 26 heavy (non-hydrogen) atoms. The van der Waals surface area contributed by atoms with Gasteiger partial charge in [0, 0.05) is 13.1 Å². The van der Waals surface area contributed by atoms with E-state index >= 15 is 0 Å². The first-order valence-corrected chi connectivity index (χ1v) is 9.38. The number of nitrogens with one attached hydrogen (secondary N) is 1. The van der Waals surface area contributed by atoms with Crippen LogP contribution >= 0.6 is 0 Å². The average Bonchev–Trinajstić information content (AvgIpc) is 2.64. The van der Waals surface area contributed by atoms with Crippen molar-refractivity contribution in [3.05, 3.63) is 36.4 Å². The Hall–Kier alpha value is -2.94. The molecule has 2 heterocycles. The molecule has 8 nitrogen and oxygen atoms in total. The zero-order valence-electron chi connectivity index (χ0n) is 13.9. The van der Waals surface area contributed by atoms with Crippen molar-refractivity contribution in [1.29, 1.82) is 0 Å². The number of carbonyl (C=O) groups excluding carboxylic acids is 1. The van der Waals surface area contributed by atoms with Gasteiger partial charge in [0.2, 0.25) is 0 Å². The number of hydrogen-bond donors (Lipinski definition) is 1. The van der Waals surface area contributed by atoms with Crippen molar-refractivity contribution in [2.75, 3.05) is 36.5 Å². The summed E-state index contributed by atoms with van der Waals surface area (Å²) in [4.78, 5) is 13.2. The fourth-order valence-electron chi connectivity index (χ4n) is 2.74. The maximum atomic E-state index is 12.7. The summed E-state index contributed by atoms with van der Waals surface area (Å²) in [5, 5.41) is 0. The van der Waals surface area contributed by atoms with Crippen LogP contribution in [0, 0.1) is 0 Å². The molecule has 0 spiro atoms. The van der Waals surface area contributed by atoms with E-state index in [4.69, 9.17) is 14.2 Å². The molecule has 1 N–H and O–H groups in total. The number of anilines is 2. The van der Waals surface area contributed by atoms with Gasteiger partial charge in [0.1, 0.15) is 19.0 Å². The number of amides is 1. The van der Waals surface area contributed by atoms with Crippen molar-refractivity contribution in [2.24, 2.45) is 0 Å². The molecule has 2 aromatic rings. The van der Waals surface area contributed by atoms with Gasteiger partial charge in [-0.15, -0.1) is 0 Å².